The molecule has 0 aliphatic heterocycles. The summed E-state index contributed by atoms with van der Waals surface area (Å²) in [4.78, 5) is 4.59. The van der Waals surface area contributed by atoms with Gasteiger partial charge >= 0.3 is 0 Å². The molecule has 0 fully saturated rings. The van der Waals surface area contributed by atoms with Crippen LogP contribution in [0.15, 0.2) is 29.6 Å². The second kappa shape index (κ2) is 5.43. The average Bonchev–Trinajstić information content (AvgIpc) is 2.77. The first-order valence-corrected chi connectivity index (χ1v) is 6.81. The number of nitrogens with zero attached hydrogens (tertiary/aromatic N) is 1. The fourth-order valence-corrected chi connectivity index (χ4v) is 2.98. The quantitative estimate of drug-likeness (QED) is 0.895. The van der Waals surface area contributed by atoms with Crippen molar-refractivity contribution in [2.24, 2.45) is 0 Å². The molecule has 0 aliphatic rings. The number of nitrogens with one attached hydrogen (secondary N) is 1. The van der Waals surface area contributed by atoms with Crippen molar-refractivity contribution in [3.8, 4) is 0 Å². The molecule has 0 amide bonds. The fraction of sp³-hybridized carbons (Fsp3) is 0.357. The topological polar surface area (TPSA) is 24.9 Å². The second-order valence-electron chi connectivity index (χ2n) is 4.10. The molecular formula is C14H18N2S. The molecule has 1 heterocycles. The van der Waals surface area contributed by atoms with Gasteiger partial charge in [0, 0.05) is 11.1 Å². The van der Waals surface area contributed by atoms with Crippen molar-refractivity contribution in [1.82, 2.24) is 10.3 Å². The van der Waals surface area contributed by atoms with E-state index in [1.807, 2.05) is 14.0 Å². The second-order valence-corrected chi connectivity index (χ2v) is 4.99. The number of rotatable bonds is 4. The molecule has 2 rings (SSSR count). The van der Waals surface area contributed by atoms with Gasteiger partial charge in [0.2, 0.25) is 0 Å². The largest absolute Gasteiger partial charge is 0.307 e. The summed E-state index contributed by atoms with van der Waals surface area (Å²) in [6.45, 7) is 4.23. The highest BCUT2D eigenvalue weighted by molar-refractivity contribution is 7.09. The predicted octanol–water partition coefficient (Wildman–Crippen LogP) is 3.32. The zero-order valence-corrected chi connectivity index (χ0v) is 11.3. The lowest BCUT2D eigenvalue weighted by Crippen LogP contribution is -2.19. The average molecular weight is 246 g/mol. The summed E-state index contributed by atoms with van der Waals surface area (Å²) in [6, 6.07) is 8.79. The maximum atomic E-state index is 4.59. The Hall–Kier alpha value is -1.19. The molecule has 17 heavy (non-hydrogen) atoms. The van der Waals surface area contributed by atoms with Crippen LogP contribution in [0.2, 0.25) is 0 Å². The van der Waals surface area contributed by atoms with Crippen LogP contribution in [0.4, 0.5) is 0 Å². The fourth-order valence-electron chi connectivity index (χ4n) is 2.05. The highest BCUT2D eigenvalue weighted by atomic mass is 32.1. The van der Waals surface area contributed by atoms with E-state index in [4.69, 9.17) is 0 Å². The summed E-state index contributed by atoms with van der Waals surface area (Å²) < 4.78 is 0. The van der Waals surface area contributed by atoms with Crippen LogP contribution in [0.1, 0.15) is 34.8 Å². The zero-order valence-electron chi connectivity index (χ0n) is 10.5. The number of benzene rings is 1. The first-order chi connectivity index (χ1) is 8.26. The molecule has 0 saturated heterocycles. The van der Waals surface area contributed by atoms with Crippen LogP contribution in [0.25, 0.3) is 0 Å². The molecule has 0 aliphatic carbocycles. The standard InChI is InChI=1S/C14H18N2S/c1-4-11-7-5-6-8-12(11)13(15-3)14-16-10(2)9-17-14/h5-9,13,15H,4H2,1-3H3. The van der Waals surface area contributed by atoms with E-state index in [9.17, 15) is 0 Å². The van der Waals surface area contributed by atoms with Gasteiger partial charge in [-0.25, -0.2) is 4.98 Å². The zero-order chi connectivity index (χ0) is 12.3. The van der Waals surface area contributed by atoms with Gasteiger partial charge in [-0.3, -0.25) is 0 Å². The van der Waals surface area contributed by atoms with E-state index in [2.05, 4.69) is 46.9 Å². The number of aryl methyl sites for hydroxylation is 2. The molecule has 0 spiro atoms. The Labute approximate surface area is 107 Å². The highest BCUT2D eigenvalue weighted by Crippen LogP contribution is 2.27. The van der Waals surface area contributed by atoms with Crippen LogP contribution in [-0.4, -0.2) is 12.0 Å². The smallest absolute Gasteiger partial charge is 0.114 e. The number of hydrogen-bond donors (Lipinski definition) is 1. The minimum absolute atomic E-state index is 0.213. The molecule has 1 unspecified atom stereocenters. The number of thiazole rings is 1. The monoisotopic (exact) mass is 246 g/mol. The molecule has 1 N–H and O–H groups in total. The maximum absolute atomic E-state index is 4.59. The Balaban J connectivity index is 2.41. The molecule has 2 aromatic rings. The van der Waals surface area contributed by atoms with Gasteiger partial charge in [-0.15, -0.1) is 11.3 Å². The van der Waals surface area contributed by atoms with Crippen molar-refractivity contribution >= 4 is 11.3 Å². The van der Waals surface area contributed by atoms with Crippen LogP contribution < -0.4 is 5.32 Å². The van der Waals surface area contributed by atoms with Crippen LogP contribution >= 0.6 is 11.3 Å². The lowest BCUT2D eigenvalue weighted by Gasteiger charge is -2.17. The van der Waals surface area contributed by atoms with E-state index < -0.39 is 0 Å². The summed E-state index contributed by atoms with van der Waals surface area (Å²) in [7, 11) is 1.99. The normalized spacial score (nSPS) is 12.6. The van der Waals surface area contributed by atoms with Crippen LogP contribution in [0, 0.1) is 6.92 Å². The van der Waals surface area contributed by atoms with Crippen molar-refractivity contribution in [3.05, 3.63) is 51.5 Å². The summed E-state index contributed by atoms with van der Waals surface area (Å²) in [5.74, 6) is 0. The third-order valence-electron chi connectivity index (χ3n) is 2.92. The summed E-state index contributed by atoms with van der Waals surface area (Å²) in [5.41, 5.74) is 3.82. The van der Waals surface area contributed by atoms with Crippen molar-refractivity contribution in [2.75, 3.05) is 7.05 Å². The van der Waals surface area contributed by atoms with Crippen LogP contribution in [0.3, 0.4) is 0 Å². The van der Waals surface area contributed by atoms with Gasteiger partial charge < -0.3 is 5.32 Å². The van der Waals surface area contributed by atoms with E-state index in [1.165, 1.54) is 11.1 Å². The Bertz CT molecular complexity index is 490. The molecule has 1 atom stereocenters. The van der Waals surface area contributed by atoms with Gasteiger partial charge in [-0.1, -0.05) is 31.2 Å². The maximum Gasteiger partial charge on any atom is 0.114 e. The molecule has 2 nitrogen and oxygen atoms in total. The molecule has 90 valence electrons. The van der Waals surface area contributed by atoms with Crippen molar-refractivity contribution < 1.29 is 0 Å². The first-order valence-electron chi connectivity index (χ1n) is 5.93. The summed E-state index contributed by atoms with van der Waals surface area (Å²) in [6.07, 6.45) is 1.05. The number of aromatic nitrogens is 1. The molecule has 0 saturated carbocycles. The van der Waals surface area contributed by atoms with Crippen LogP contribution in [-0.2, 0) is 6.42 Å². The van der Waals surface area contributed by atoms with Crippen LogP contribution in [0.5, 0.6) is 0 Å². The van der Waals surface area contributed by atoms with Gasteiger partial charge in [0.05, 0.1) is 6.04 Å². The molecule has 0 radical (unpaired) electrons. The molecule has 1 aromatic heterocycles. The van der Waals surface area contributed by atoms with Gasteiger partial charge in [-0.2, -0.15) is 0 Å². The Morgan fingerprint density at radius 3 is 2.71 bits per heavy atom. The van der Waals surface area contributed by atoms with Gasteiger partial charge in [0.25, 0.3) is 0 Å². The summed E-state index contributed by atoms with van der Waals surface area (Å²) in [5, 5.41) is 6.62. The molecule has 0 bridgehead atoms. The molecule has 1 aromatic carbocycles. The molecule has 3 heteroatoms. The third-order valence-corrected chi connectivity index (χ3v) is 3.95. The minimum atomic E-state index is 0.213. The SMILES string of the molecule is CCc1ccccc1C(NC)c1nc(C)cs1. The lowest BCUT2D eigenvalue weighted by atomic mass is 9.99. The van der Waals surface area contributed by atoms with Gasteiger partial charge in [0.15, 0.2) is 0 Å². The van der Waals surface area contributed by atoms with Crippen molar-refractivity contribution in [1.29, 1.82) is 0 Å². The van der Waals surface area contributed by atoms with E-state index in [-0.39, 0.29) is 6.04 Å². The predicted molar refractivity (Wildman–Crippen MR) is 73.6 cm³/mol. The Morgan fingerprint density at radius 1 is 1.35 bits per heavy atom. The Kier molecular flexibility index (Phi) is 3.92. The lowest BCUT2D eigenvalue weighted by molar-refractivity contribution is 0.677. The Morgan fingerprint density at radius 2 is 2.12 bits per heavy atom. The summed E-state index contributed by atoms with van der Waals surface area (Å²) >= 11 is 1.72. The number of hydrogen-bond acceptors (Lipinski definition) is 3. The third kappa shape index (κ3) is 2.56. The minimum Gasteiger partial charge on any atom is -0.307 e. The molecular weight excluding hydrogens is 228 g/mol. The van der Waals surface area contributed by atoms with E-state index in [0.717, 1.165) is 17.1 Å². The van der Waals surface area contributed by atoms with Crippen molar-refractivity contribution in [2.45, 2.75) is 26.3 Å². The van der Waals surface area contributed by atoms with Crippen molar-refractivity contribution in [3.63, 3.8) is 0 Å². The highest BCUT2D eigenvalue weighted by Gasteiger charge is 2.17. The van der Waals surface area contributed by atoms with E-state index >= 15 is 0 Å². The van der Waals surface area contributed by atoms with E-state index in [0.29, 0.717) is 0 Å². The van der Waals surface area contributed by atoms with Gasteiger partial charge in [-0.05, 0) is 31.5 Å². The first kappa shape index (κ1) is 12.3. The van der Waals surface area contributed by atoms with E-state index in [1.54, 1.807) is 11.3 Å². The van der Waals surface area contributed by atoms with Gasteiger partial charge in [0.1, 0.15) is 5.01 Å².